The first kappa shape index (κ1) is 14.9. The van der Waals surface area contributed by atoms with Gasteiger partial charge in [0.1, 0.15) is 0 Å². The third-order valence-electron chi connectivity index (χ3n) is 4.60. The largest absolute Gasteiger partial charge is 0.401 e. The molecule has 0 spiro atoms. The standard InChI is InChI=1S/C16H21F3N2/c1-20-15-13-5-3-2-4-11(13)6-9-14(15)21(12-7-8-12)10-16(17,18)19/h2-5,12,14-15,20H,6-10H2,1H3. The van der Waals surface area contributed by atoms with Crippen LogP contribution in [-0.4, -0.2) is 36.8 Å². The van der Waals surface area contributed by atoms with Crippen molar-refractivity contribution in [2.75, 3.05) is 13.6 Å². The molecule has 0 saturated heterocycles. The van der Waals surface area contributed by atoms with Crippen molar-refractivity contribution in [3.8, 4) is 0 Å². The first-order valence-electron chi connectivity index (χ1n) is 7.57. The van der Waals surface area contributed by atoms with E-state index in [1.165, 1.54) is 5.56 Å². The van der Waals surface area contributed by atoms with Crippen LogP contribution in [0.15, 0.2) is 24.3 Å². The van der Waals surface area contributed by atoms with Crippen LogP contribution in [0.2, 0.25) is 0 Å². The van der Waals surface area contributed by atoms with Gasteiger partial charge in [-0.25, -0.2) is 0 Å². The highest BCUT2D eigenvalue weighted by atomic mass is 19.4. The van der Waals surface area contributed by atoms with Gasteiger partial charge in [0, 0.05) is 18.1 Å². The Hall–Kier alpha value is -1.07. The van der Waals surface area contributed by atoms with E-state index >= 15 is 0 Å². The third kappa shape index (κ3) is 3.24. The molecule has 1 aromatic rings. The van der Waals surface area contributed by atoms with Crippen LogP contribution in [0.4, 0.5) is 13.2 Å². The van der Waals surface area contributed by atoms with Gasteiger partial charge in [0.25, 0.3) is 0 Å². The smallest absolute Gasteiger partial charge is 0.312 e. The lowest BCUT2D eigenvalue weighted by Crippen LogP contribution is -2.50. The number of nitrogens with zero attached hydrogens (tertiary/aromatic N) is 1. The van der Waals surface area contributed by atoms with E-state index < -0.39 is 12.7 Å². The molecule has 116 valence electrons. The molecule has 0 bridgehead atoms. The number of hydrogen-bond acceptors (Lipinski definition) is 2. The van der Waals surface area contributed by atoms with Crippen molar-refractivity contribution in [2.24, 2.45) is 0 Å². The van der Waals surface area contributed by atoms with Gasteiger partial charge in [0.15, 0.2) is 0 Å². The average molecular weight is 298 g/mol. The molecule has 0 aliphatic heterocycles. The van der Waals surface area contributed by atoms with Gasteiger partial charge in [-0.15, -0.1) is 0 Å². The zero-order chi connectivity index (χ0) is 15.0. The predicted molar refractivity (Wildman–Crippen MR) is 76.1 cm³/mol. The van der Waals surface area contributed by atoms with Crippen LogP contribution in [-0.2, 0) is 6.42 Å². The van der Waals surface area contributed by atoms with Gasteiger partial charge in [0.05, 0.1) is 6.54 Å². The Labute approximate surface area is 123 Å². The minimum absolute atomic E-state index is 0.0158. The fraction of sp³-hybridized carbons (Fsp3) is 0.625. The van der Waals surface area contributed by atoms with Crippen LogP contribution in [0.3, 0.4) is 0 Å². The maximum absolute atomic E-state index is 12.9. The molecule has 2 unspecified atom stereocenters. The number of halogens is 3. The molecule has 3 rings (SSSR count). The molecule has 0 heterocycles. The minimum atomic E-state index is -4.13. The zero-order valence-corrected chi connectivity index (χ0v) is 12.2. The van der Waals surface area contributed by atoms with E-state index in [4.69, 9.17) is 0 Å². The SMILES string of the molecule is CNC1c2ccccc2CCC1N(CC(F)(F)F)C1CC1. The summed E-state index contributed by atoms with van der Waals surface area (Å²) in [7, 11) is 1.85. The van der Waals surface area contributed by atoms with E-state index in [0.717, 1.165) is 31.2 Å². The van der Waals surface area contributed by atoms with Crippen molar-refractivity contribution in [2.45, 2.75) is 50.0 Å². The maximum Gasteiger partial charge on any atom is 0.401 e. The van der Waals surface area contributed by atoms with Crippen molar-refractivity contribution in [1.29, 1.82) is 0 Å². The quantitative estimate of drug-likeness (QED) is 0.917. The van der Waals surface area contributed by atoms with Crippen molar-refractivity contribution >= 4 is 0 Å². The van der Waals surface area contributed by atoms with E-state index in [-0.39, 0.29) is 18.1 Å². The summed E-state index contributed by atoms with van der Waals surface area (Å²) >= 11 is 0. The minimum Gasteiger partial charge on any atom is -0.312 e. The summed E-state index contributed by atoms with van der Waals surface area (Å²) in [6.07, 6.45) is -0.692. The average Bonchev–Trinajstić information content (AvgIpc) is 3.27. The lowest BCUT2D eigenvalue weighted by molar-refractivity contribution is -0.154. The Morgan fingerprint density at radius 3 is 2.52 bits per heavy atom. The molecule has 21 heavy (non-hydrogen) atoms. The van der Waals surface area contributed by atoms with Crippen LogP contribution in [0, 0.1) is 0 Å². The lowest BCUT2D eigenvalue weighted by Gasteiger charge is -2.41. The summed E-state index contributed by atoms with van der Waals surface area (Å²) < 4.78 is 38.7. The number of likely N-dealkylation sites (N-methyl/N-ethyl adjacent to an activating group) is 1. The summed E-state index contributed by atoms with van der Waals surface area (Å²) in [6.45, 7) is -0.789. The molecule has 1 aromatic carbocycles. The topological polar surface area (TPSA) is 15.3 Å². The van der Waals surface area contributed by atoms with Gasteiger partial charge in [-0.1, -0.05) is 24.3 Å². The van der Waals surface area contributed by atoms with E-state index in [1.807, 2.05) is 25.2 Å². The Bertz CT molecular complexity index is 497. The van der Waals surface area contributed by atoms with E-state index in [9.17, 15) is 13.2 Å². The number of rotatable bonds is 4. The molecular weight excluding hydrogens is 277 g/mol. The van der Waals surface area contributed by atoms with Gasteiger partial charge in [0.2, 0.25) is 0 Å². The number of aryl methyl sites for hydroxylation is 1. The van der Waals surface area contributed by atoms with Crippen LogP contribution in [0.5, 0.6) is 0 Å². The van der Waals surface area contributed by atoms with Crippen LogP contribution < -0.4 is 5.32 Å². The number of nitrogens with one attached hydrogen (secondary N) is 1. The maximum atomic E-state index is 12.9. The Balaban J connectivity index is 1.86. The predicted octanol–water partition coefficient (Wildman–Crippen LogP) is 3.29. The Kier molecular flexibility index (Phi) is 3.97. The summed E-state index contributed by atoms with van der Waals surface area (Å²) in [4.78, 5) is 1.69. The summed E-state index contributed by atoms with van der Waals surface area (Å²) in [5.41, 5.74) is 2.42. The van der Waals surface area contributed by atoms with Crippen LogP contribution in [0.25, 0.3) is 0 Å². The number of alkyl halides is 3. The molecule has 1 fully saturated rings. The van der Waals surface area contributed by atoms with Crippen molar-refractivity contribution in [3.05, 3.63) is 35.4 Å². The molecule has 1 N–H and O–H groups in total. The molecule has 2 aliphatic rings. The Morgan fingerprint density at radius 1 is 1.19 bits per heavy atom. The molecule has 0 radical (unpaired) electrons. The van der Waals surface area contributed by atoms with Crippen molar-refractivity contribution < 1.29 is 13.2 Å². The second-order valence-corrected chi connectivity index (χ2v) is 6.09. The molecule has 5 heteroatoms. The molecule has 2 aliphatic carbocycles. The molecule has 0 aromatic heterocycles. The zero-order valence-electron chi connectivity index (χ0n) is 12.2. The Morgan fingerprint density at radius 2 is 1.90 bits per heavy atom. The molecule has 1 saturated carbocycles. The lowest BCUT2D eigenvalue weighted by atomic mass is 9.83. The molecule has 2 atom stereocenters. The second-order valence-electron chi connectivity index (χ2n) is 6.09. The van der Waals surface area contributed by atoms with Crippen LogP contribution >= 0.6 is 0 Å². The van der Waals surface area contributed by atoms with E-state index in [0.29, 0.717) is 0 Å². The van der Waals surface area contributed by atoms with Crippen LogP contribution in [0.1, 0.15) is 36.4 Å². The molecular formula is C16H21F3N2. The second kappa shape index (κ2) is 5.61. The third-order valence-corrected chi connectivity index (χ3v) is 4.60. The molecule has 0 amide bonds. The summed E-state index contributed by atoms with van der Waals surface area (Å²) in [5, 5.41) is 3.25. The molecule has 2 nitrogen and oxygen atoms in total. The summed E-state index contributed by atoms with van der Waals surface area (Å²) in [6, 6.07) is 8.12. The number of benzene rings is 1. The highest BCUT2D eigenvalue weighted by molar-refractivity contribution is 5.34. The fourth-order valence-electron chi connectivity index (χ4n) is 3.58. The fourth-order valence-corrected chi connectivity index (χ4v) is 3.58. The number of fused-ring (bicyclic) bond motifs is 1. The number of hydrogen-bond donors (Lipinski definition) is 1. The van der Waals surface area contributed by atoms with Crippen molar-refractivity contribution in [1.82, 2.24) is 10.2 Å². The highest BCUT2D eigenvalue weighted by Gasteiger charge is 2.44. The highest BCUT2D eigenvalue weighted by Crippen LogP contribution is 2.39. The van der Waals surface area contributed by atoms with Gasteiger partial charge >= 0.3 is 6.18 Å². The van der Waals surface area contributed by atoms with Gasteiger partial charge in [-0.3, -0.25) is 4.90 Å². The van der Waals surface area contributed by atoms with Gasteiger partial charge in [-0.2, -0.15) is 13.2 Å². The monoisotopic (exact) mass is 298 g/mol. The van der Waals surface area contributed by atoms with Gasteiger partial charge in [-0.05, 0) is 43.9 Å². The first-order valence-corrected chi connectivity index (χ1v) is 7.57. The van der Waals surface area contributed by atoms with E-state index in [1.54, 1.807) is 4.90 Å². The first-order chi connectivity index (χ1) is 9.99. The summed E-state index contributed by atoms with van der Waals surface area (Å²) in [5.74, 6) is 0. The van der Waals surface area contributed by atoms with E-state index in [2.05, 4.69) is 11.4 Å². The normalized spacial score (nSPS) is 26.0. The van der Waals surface area contributed by atoms with Crippen molar-refractivity contribution in [3.63, 3.8) is 0 Å². The van der Waals surface area contributed by atoms with Gasteiger partial charge < -0.3 is 5.32 Å².